The van der Waals surface area contributed by atoms with Gasteiger partial charge in [0, 0.05) is 27.4 Å². The van der Waals surface area contributed by atoms with Crippen molar-refractivity contribution in [1.82, 2.24) is 0 Å². The minimum absolute atomic E-state index is 0.203. The summed E-state index contributed by atoms with van der Waals surface area (Å²) in [5.74, 6) is 2.83. The predicted molar refractivity (Wildman–Crippen MR) is 105 cm³/mol. The molecule has 2 aromatic carbocycles. The molecule has 1 aliphatic carbocycles. The van der Waals surface area contributed by atoms with Crippen molar-refractivity contribution >= 4 is 0 Å². The largest absolute Gasteiger partial charge is 0.468 e. The van der Waals surface area contributed by atoms with Crippen molar-refractivity contribution in [1.29, 1.82) is 0 Å². The van der Waals surface area contributed by atoms with Gasteiger partial charge in [-0.2, -0.15) is 0 Å². The molecule has 0 spiro atoms. The maximum Gasteiger partial charge on any atom is 0.188 e. The molecule has 6 heteroatoms. The maximum absolute atomic E-state index is 5.80. The molecule has 1 unspecified atom stereocenters. The Kier molecular flexibility index (Phi) is 7.54. The number of ether oxygens (including phenoxy) is 6. The molecule has 3 rings (SSSR count). The molecule has 2 aromatic rings. The van der Waals surface area contributed by atoms with Crippen LogP contribution in [0.3, 0.4) is 0 Å². The lowest BCUT2D eigenvalue weighted by Crippen LogP contribution is -2.15. The van der Waals surface area contributed by atoms with E-state index >= 15 is 0 Å². The van der Waals surface area contributed by atoms with Gasteiger partial charge >= 0.3 is 0 Å². The van der Waals surface area contributed by atoms with Crippen molar-refractivity contribution in [3.8, 4) is 17.2 Å². The van der Waals surface area contributed by atoms with Gasteiger partial charge in [-0.05, 0) is 60.1 Å². The van der Waals surface area contributed by atoms with Crippen molar-refractivity contribution in [2.24, 2.45) is 0 Å². The van der Waals surface area contributed by atoms with E-state index in [2.05, 4.69) is 18.2 Å². The quantitative estimate of drug-likeness (QED) is 0.575. The summed E-state index contributed by atoms with van der Waals surface area (Å²) in [6.45, 7) is 0.673. The zero-order chi connectivity index (χ0) is 19.8. The van der Waals surface area contributed by atoms with Crippen molar-refractivity contribution in [3.05, 3.63) is 53.1 Å². The first kappa shape index (κ1) is 20.5. The lowest BCUT2D eigenvalue weighted by Gasteiger charge is -2.27. The minimum atomic E-state index is 0.203. The summed E-state index contributed by atoms with van der Waals surface area (Å²) in [5.41, 5.74) is 3.78. The molecule has 1 aliphatic rings. The average molecular weight is 388 g/mol. The van der Waals surface area contributed by atoms with E-state index < -0.39 is 0 Å². The molecule has 1 atom stereocenters. The van der Waals surface area contributed by atoms with Crippen molar-refractivity contribution in [2.75, 3.05) is 41.7 Å². The van der Waals surface area contributed by atoms with Crippen molar-refractivity contribution in [2.45, 2.75) is 25.2 Å². The van der Waals surface area contributed by atoms with Gasteiger partial charge in [0.25, 0.3) is 0 Å². The third-order valence-corrected chi connectivity index (χ3v) is 4.85. The van der Waals surface area contributed by atoms with Gasteiger partial charge in [-0.25, -0.2) is 0 Å². The second-order valence-electron chi connectivity index (χ2n) is 6.72. The highest BCUT2D eigenvalue weighted by molar-refractivity contribution is 5.49. The third kappa shape index (κ3) is 5.16. The average Bonchev–Trinajstić information content (AvgIpc) is 2.74. The molecule has 0 aromatic heterocycles. The summed E-state index contributed by atoms with van der Waals surface area (Å²) < 4.78 is 32.0. The maximum atomic E-state index is 5.80. The van der Waals surface area contributed by atoms with E-state index in [-0.39, 0.29) is 20.4 Å². The van der Waals surface area contributed by atoms with Crippen LogP contribution in [0.25, 0.3) is 0 Å². The lowest BCUT2D eigenvalue weighted by molar-refractivity contribution is 0.0453. The van der Waals surface area contributed by atoms with Crippen LogP contribution in [0, 0.1) is 0 Å². The summed E-state index contributed by atoms with van der Waals surface area (Å²) >= 11 is 0. The Labute approximate surface area is 166 Å². The number of fused-ring (bicyclic) bond motifs is 1. The molecule has 0 bridgehead atoms. The van der Waals surface area contributed by atoms with E-state index in [0.29, 0.717) is 5.92 Å². The van der Waals surface area contributed by atoms with Gasteiger partial charge in [0.15, 0.2) is 20.4 Å². The van der Waals surface area contributed by atoms with Gasteiger partial charge in [0.05, 0.1) is 0 Å². The van der Waals surface area contributed by atoms with E-state index in [0.717, 1.165) is 36.5 Å². The first-order valence-corrected chi connectivity index (χ1v) is 9.36. The summed E-state index contributed by atoms with van der Waals surface area (Å²) in [6, 6.07) is 12.3. The Bertz CT molecular complexity index is 743. The summed E-state index contributed by atoms with van der Waals surface area (Å²) in [5, 5.41) is 0. The highest BCUT2D eigenvalue weighted by Gasteiger charge is 2.24. The Morgan fingerprint density at radius 2 is 1.43 bits per heavy atom. The number of methoxy groups -OCH3 is 3. The van der Waals surface area contributed by atoms with Crippen LogP contribution in [0.5, 0.6) is 17.2 Å². The zero-order valence-electron chi connectivity index (χ0n) is 16.7. The Morgan fingerprint density at radius 1 is 0.786 bits per heavy atom. The predicted octanol–water partition coefficient (Wildman–Crippen LogP) is 3.91. The SMILES string of the molecule is COCOc1ccc(C2CCc3c(cc(OCOC)cc3OCOC)C2)cc1. The second-order valence-corrected chi connectivity index (χ2v) is 6.72. The van der Waals surface area contributed by atoms with Gasteiger partial charge in [-0.1, -0.05) is 12.1 Å². The van der Waals surface area contributed by atoms with Gasteiger partial charge in [-0.3, -0.25) is 0 Å². The topological polar surface area (TPSA) is 55.4 Å². The lowest BCUT2D eigenvalue weighted by atomic mass is 9.80. The Hall–Kier alpha value is -2.28. The molecule has 0 fully saturated rings. The Morgan fingerprint density at radius 3 is 2.11 bits per heavy atom. The smallest absolute Gasteiger partial charge is 0.188 e. The van der Waals surface area contributed by atoms with Gasteiger partial charge in [-0.15, -0.1) is 0 Å². The van der Waals surface area contributed by atoms with E-state index in [9.17, 15) is 0 Å². The van der Waals surface area contributed by atoms with Crippen LogP contribution in [-0.2, 0) is 27.1 Å². The molecule has 28 heavy (non-hydrogen) atoms. The molecule has 0 heterocycles. The monoisotopic (exact) mass is 388 g/mol. The number of hydrogen-bond acceptors (Lipinski definition) is 6. The van der Waals surface area contributed by atoms with E-state index in [1.54, 1.807) is 21.3 Å². The van der Waals surface area contributed by atoms with E-state index in [1.165, 1.54) is 16.7 Å². The normalized spacial score (nSPS) is 15.8. The third-order valence-electron chi connectivity index (χ3n) is 4.85. The fourth-order valence-electron chi connectivity index (χ4n) is 3.54. The summed E-state index contributed by atoms with van der Waals surface area (Å²) in [7, 11) is 4.84. The van der Waals surface area contributed by atoms with Gasteiger partial charge in [0.1, 0.15) is 17.2 Å². The van der Waals surface area contributed by atoms with E-state index in [1.807, 2.05) is 18.2 Å². The summed E-state index contributed by atoms with van der Waals surface area (Å²) in [4.78, 5) is 0. The van der Waals surface area contributed by atoms with Gasteiger partial charge in [0.2, 0.25) is 0 Å². The molecule has 0 N–H and O–H groups in total. The standard InChI is InChI=1S/C22H28O6/c1-23-13-26-19-7-4-16(5-8-19)17-6-9-21-18(10-17)11-20(27-14-24-2)12-22(21)28-15-25-3/h4-5,7-8,11-12,17H,6,9-10,13-15H2,1-3H3. The van der Waals surface area contributed by atoms with Crippen molar-refractivity contribution in [3.63, 3.8) is 0 Å². The highest BCUT2D eigenvalue weighted by atomic mass is 16.7. The first-order chi connectivity index (χ1) is 13.7. The first-order valence-electron chi connectivity index (χ1n) is 9.36. The zero-order valence-corrected chi connectivity index (χ0v) is 16.7. The van der Waals surface area contributed by atoms with E-state index in [4.69, 9.17) is 28.4 Å². The fraction of sp³-hybridized carbons (Fsp3) is 0.455. The number of benzene rings is 2. The Balaban J connectivity index is 1.78. The molecular weight excluding hydrogens is 360 g/mol. The van der Waals surface area contributed by atoms with Crippen LogP contribution in [0.4, 0.5) is 0 Å². The molecule has 0 radical (unpaired) electrons. The highest BCUT2D eigenvalue weighted by Crippen LogP contribution is 2.39. The second kappa shape index (κ2) is 10.3. The number of hydrogen-bond donors (Lipinski definition) is 0. The van der Waals surface area contributed by atoms with Crippen LogP contribution in [-0.4, -0.2) is 41.7 Å². The van der Waals surface area contributed by atoms with Crippen LogP contribution in [0.2, 0.25) is 0 Å². The fourth-order valence-corrected chi connectivity index (χ4v) is 3.54. The molecule has 0 amide bonds. The molecular formula is C22H28O6. The molecule has 152 valence electrons. The van der Waals surface area contributed by atoms with Crippen LogP contribution >= 0.6 is 0 Å². The molecule has 6 nitrogen and oxygen atoms in total. The van der Waals surface area contributed by atoms with Crippen LogP contribution < -0.4 is 14.2 Å². The molecule has 0 saturated heterocycles. The van der Waals surface area contributed by atoms with Crippen molar-refractivity contribution < 1.29 is 28.4 Å². The van der Waals surface area contributed by atoms with Gasteiger partial charge < -0.3 is 28.4 Å². The summed E-state index contributed by atoms with van der Waals surface area (Å²) in [6.07, 6.45) is 2.94. The molecule has 0 saturated carbocycles. The van der Waals surface area contributed by atoms with Crippen LogP contribution in [0.15, 0.2) is 36.4 Å². The number of rotatable bonds is 10. The molecule has 0 aliphatic heterocycles. The minimum Gasteiger partial charge on any atom is -0.468 e. The van der Waals surface area contributed by atoms with Crippen LogP contribution in [0.1, 0.15) is 29.0 Å².